The summed E-state index contributed by atoms with van der Waals surface area (Å²) in [5.41, 5.74) is 0. The van der Waals surface area contributed by atoms with Crippen molar-refractivity contribution in [2.24, 2.45) is 0 Å². The van der Waals surface area contributed by atoms with E-state index in [0.717, 1.165) is 20.4 Å². The quantitative estimate of drug-likeness (QED) is 0.286. The summed E-state index contributed by atoms with van der Waals surface area (Å²) in [4.78, 5) is 0. The van der Waals surface area contributed by atoms with Gasteiger partial charge in [-0.15, -0.1) is 0 Å². The van der Waals surface area contributed by atoms with E-state index in [-0.39, 0.29) is 0 Å². The number of rotatable bonds is 6. The third-order valence-corrected chi connectivity index (χ3v) is 23.0. The van der Waals surface area contributed by atoms with Crippen LogP contribution in [0, 0.1) is 0 Å². The fraction of sp³-hybridized carbons (Fsp3) is 0.0769. The number of benzene rings is 4. The van der Waals surface area contributed by atoms with E-state index < -0.39 is 18.4 Å². The number of ether oxygens (including phenoxy) is 2. The molecule has 0 aliphatic carbocycles. The van der Waals surface area contributed by atoms with E-state index in [1.54, 1.807) is 14.2 Å². The SMILES string of the molecule is COc1cc[c]([Sn]([c]2ccc(OC)cc2)([c]2ccccc2Br)[c]2ccccc2Br)cc1. The van der Waals surface area contributed by atoms with E-state index in [0.29, 0.717) is 0 Å². The van der Waals surface area contributed by atoms with Gasteiger partial charge in [0.2, 0.25) is 0 Å². The monoisotopic (exact) mass is 644 g/mol. The number of halogens is 2. The molecule has 0 spiro atoms. The summed E-state index contributed by atoms with van der Waals surface area (Å²) in [5, 5.41) is 0. The summed E-state index contributed by atoms with van der Waals surface area (Å²) >= 11 is 4.05. The molecule has 4 rings (SSSR count). The van der Waals surface area contributed by atoms with Gasteiger partial charge in [-0.1, -0.05) is 0 Å². The van der Waals surface area contributed by atoms with Crippen LogP contribution in [0.25, 0.3) is 0 Å². The Morgan fingerprint density at radius 3 is 1.19 bits per heavy atom. The zero-order valence-electron chi connectivity index (χ0n) is 17.3. The maximum absolute atomic E-state index is 5.46. The van der Waals surface area contributed by atoms with Crippen LogP contribution in [0.5, 0.6) is 11.5 Å². The van der Waals surface area contributed by atoms with Crippen molar-refractivity contribution in [2.75, 3.05) is 14.2 Å². The van der Waals surface area contributed by atoms with E-state index in [1.165, 1.54) is 14.3 Å². The third kappa shape index (κ3) is 4.18. The van der Waals surface area contributed by atoms with Crippen LogP contribution in [0.15, 0.2) is 106 Å². The van der Waals surface area contributed by atoms with Gasteiger partial charge in [0.15, 0.2) is 0 Å². The topological polar surface area (TPSA) is 18.5 Å². The molecule has 0 aliphatic rings. The van der Waals surface area contributed by atoms with Gasteiger partial charge in [0.1, 0.15) is 0 Å². The van der Waals surface area contributed by atoms with Crippen LogP contribution in [-0.2, 0) is 0 Å². The molecule has 0 saturated carbocycles. The molecular formula is C26H22Br2O2Sn. The summed E-state index contributed by atoms with van der Waals surface area (Å²) < 4.78 is 18.6. The molecule has 0 N–H and O–H groups in total. The van der Waals surface area contributed by atoms with Crippen LogP contribution >= 0.6 is 31.9 Å². The van der Waals surface area contributed by atoms with Crippen molar-refractivity contribution in [1.82, 2.24) is 0 Å². The molecule has 4 aromatic carbocycles. The Morgan fingerprint density at radius 2 is 0.871 bits per heavy atom. The molecule has 156 valence electrons. The molecular weight excluding hydrogens is 623 g/mol. The van der Waals surface area contributed by atoms with Crippen LogP contribution < -0.4 is 23.8 Å². The van der Waals surface area contributed by atoms with Crippen LogP contribution in [0.2, 0.25) is 0 Å². The van der Waals surface area contributed by atoms with Crippen molar-refractivity contribution >= 4 is 64.6 Å². The van der Waals surface area contributed by atoms with E-state index in [9.17, 15) is 0 Å². The van der Waals surface area contributed by atoms with E-state index in [1.807, 2.05) is 0 Å². The molecule has 0 fully saturated rings. The Hall–Kier alpha value is -1.76. The first-order valence-corrected chi connectivity index (χ1v) is 17.2. The Labute approximate surface area is 204 Å². The standard InChI is InChI=1S/2C7H7O.2C6H4Br.Sn/c2*1-8-7-5-3-2-4-6-7;2*7-6-4-2-1-3-5-6;/h2*3-6H,1H3;2*1-4H;. The van der Waals surface area contributed by atoms with Gasteiger partial charge in [-0.25, -0.2) is 0 Å². The van der Waals surface area contributed by atoms with Crippen molar-refractivity contribution in [2.45, 2.75) is 0 Å². The van der Waals surface area contributed by atoms with Gasteiger partial charge in [0, 0.05) is 0 Å². The molecule has 0 saturated heterocycles. The first-order chi connectivity index (χ1) is 15.1. The minimum absolute atomic E-state index is 0.859. The van der Waals surface area contributed by atoms with Crippen LogP contribution in [0.3, 0.4) is 0 Å². The Morgan fingerprint density at radius 1 is 0.516 bits per heavy atom. The Kier molecular flexibility index (Phi) is 7.09. The van der Waals surface area contributed by atoms with Crippen molar-refractivity contribution in [3.8, 4) is 11.5 Å². The predicted octanol–water partition coefficient (Wildman–Crippen LogP) is 4.61. The van der Waals surface area contributed by atoms with Crippen molar-refractivity contribution < 1.29 is 9.47 Å². The molecule has 4 aromatic rings. The van der Waals surface area contributed by atoms with Crippen molar-refractivity contribution in [1.29, 1.82) is 0 Å². The van der Waals surface area contributed by atoms with E-state index >= 15 is 0 Å². The van der Waals surface area contributed by atoms with Gasteiger partial charge in [-0.2, -0.15) is 0 Å². The van der Waals surface area contributed by atoms with Crippen LogP contribution in [-0.4, -0.2) is 32.6 Å². The summed E-state index contributed by atoms with van der Waals surface area (Å²) in [6.45, 7) is 0. The van der Waals surface area contributed by atoms with Gasteiger partial charge >= 0.3 is 206 Å². The van der Waals surface area contributed by atoms with Gasteiger partial charge in [-0.3, -0.25) is 0 Å². The Balaban J connectivity index is 2.14. The maximum atomic E-state index is 5.46. The molecule has 31 heavy (non-hydrogen) atoms. The first kappa shape index (κ1) is 22.4. The molecule has 0 unspecified atom stereocenters. The summed E-state index contributed by atoms with van der Waals surface area (Å²) in [7, 11) is 3.41. The molecule has 0 atom stereocenters. The molecule has 0 aromatic heterocycles. The number of hydrogen-bond donors (Lipinski definition) is 0. The number of methoxy groups -OCH3 is 2. The average Bonchev–Trinajstić information content (AvgIpc) is 2.82. The molecule has 0 radical (unpaired) electrons. The van der Waals surface area contributed by atoms with Crippen LogP contribution in [0.4, 0.5) is 0 Å². The second-order valence-corrected chi connectivity index (χ2v) is 19.5. The molecule has 0 aliphatic heterocycles. The zero-order valence-corrected chi connectivity index (χ0v) is 23.3. The summed E-state index contributed by atoms with van der Waals surface area (Å²) in [6.07, 6.45) is 0. The zero-order chi connectivity index (χ0) is 21.8. The molecule has 2 nitrogen and oxygen atoms in total. The van der Waals surface area contributed by atoms with Gasteiger partial charge in [-0.05, 0) is 0 Å². The van der Waals surface area contributed by atoms with Gasteiger partial charge < -0.3 is 0 Å². The first-order valence-electron chi connectivity index (χ1n) is 9.90. The average molecular weight is 645 g/mol. The fourth-order valence-corrected chi connectivity index (χ4v) is 22.3. The van der Waals surface area contributed by atoms with Gasteiger partial charge in [0.25, 0.3) is 0 Å². The normalized spacial score (nSPS) is 11.2. The second kappa shape index (κ2) is 9.80. The van der Waals surface area contributed by atoms with Crippen molar-refractivity contribution in [3.63, 3.8) is 0 Å². The van der Waals surface area contributed by atoms with Gasteiger partial charge in [0.05, 0.1) is 0 Å². The molecule has 0 amide bonds. The minimum atomic E-state index is -3.74. The predicted molar refractivity (Wildman–Crippen MR) is 139 cm³/mol. The summed E-state index contributed by atoms with van der Waals surface area (Å²) in [6, 6.07) is 34.5. The number of hydrogen-bond acceptors (Lipinski definition) is 2. The third-order valence-electron chi connectivity index (χ3n) is 5.60. The second-order valence-electron chi connectivity index (χ2n) is 7.17. The van der Waals surface area contributed by atoms with E-state index in [4.69, 9.17) is 9.47 Å². The van der Waals surface area contributed by atoms with Crippen molar-refractivity contribution in [3.05, 3.63) is 106 Å². The fourth-order valence-electron chi connectivity index (χ4n) is 4.15. The molecule has 5 heteroatoms. The molecule has 0 heterocycles. The van der Waals surface area contributed by atoms with E-state index in [2.05, 4.69) is 129 Å². The molecule has 0 bridgehead atoms. The Bertz CT molecular complexity index is 1080. The summed E-state index contributed by atoms with van der Waals surface area (Å²) in [5.74, 6) is 1.72. The van der Waals surface area contributed by atoms with Crippen LogP contribution in [0.1, 0.15) is 0 Å².